The molecule has 0 spiro atoms. The Kier molecular flexibility index (Phi) is 6.03. The van der Waals surface area contributed by atoms with Crippen molar-refractivity contribution in [2.24, 2.45) is 5.73 Å². The summed E-state index contributed by atoms with van der Waals surface area (Å²) in [6.45, 7) is 4.86. The molecular formula is C22H31N7O. The third-order valence-corrected chi connectivity index (χ3v) is 5.73. The maximum atomic E-state index is 6.33. The maximum absolute atomic E-state index is 6.33. The lowest BCUT2D eigenvalue weighted by molar-refractivity contribution is 0.402. The molecule has 1 aliphatic carbocycles. The molecule has 160 valence electrons. The summed E-state index contributed by atoms with van der Waals surface area (Å²) < 4.78 is 5.33. The lowest BCUT2D eigenvalue weighted by Crippen LogP contribution is -2.43. The van der Waals surface area contributed by atoms with Crippen LogP contribution in [0.15, 0.2) is 24.3 Å². The van der Waals surface area contributed by atoms with E-state index in [0.29, 0.717) is 18.3 Å². The quantitative estimate of drug-likeness (QED) is 0.469. The number of benzene rings is 1. The molecule has 2 unspecified atom stereocenters. The van der Waals surface area contributed by atoms with Crippen LogP contribution >= 0.6 is 0 Å². The Hall–Kier alpha value is -2.87. The van der Waals surface area contributed by atoms with Crippen LogP contribution in [0.2, 0.25) is 0 Å². The molecule has 0 radical (unpaired) electrons. The zero-order valence-electron chi connectivity index (χ0n) is 17.9. The Balaban J connectivity index is 1.64. The van der Waals surface area contributed by atoms with Gasteiger partial charge in [-0.2, -0.15) is 10.1 Å². The van der Waals surface area contributed by atoms with Crippen LogP contribution < -0.4 is 21.1 Å². The predicted molar refractivity (Wildman–Crippen MR) is 120 cm³/mol. The summed E-state index contributed by atoms with van der Waals surface area (Å²) in [6.07, 6.45) is 4.44. The average molecular weight is 410 g/mol. The molecule has 2 atom stereocenters. The molecule has 1 saturated carbocycles. The van der Waals surface area contributed by atoms with Crippen molar-refractivity contribution < 1.29 is 4.74 Å². The van der Waals surface area contributed by atoms with Crippen molar-refractivity contribution in [3.8, 4) is 5.75 Å². The first kappa shape index (κ1) is 20.4. The number of aromatic amines is 1. The van der Waals surface area contributed by atoms with E-state index in [0.717, 1.165) is 40.9 Å². The Morgan fingerprint density at radius 2 is 2.03 bits per heavy atom. The number of methoxy groups -OCH3 is 1. The zero-order valence-corrected chi connectivity index (χ0v) is 17.9. The number of nitrogens with zero attached hydrogens (tertiary/aromatic N) is 3. The molecule has 2 heterocycles. The van der Waals surface area contributed by atoms with E-state index < -0.39 is 0 Å². The number of hydrogen-bond acceptors (Lipinski definition) is 7. The van der Waals surface area contributed by atoms with Crippen molar-refractivity contribution in [1.29, 1.82) is 0 Å². The van der Waals surface area contributed by atoms with Gasteiger partial charge in [0.05, 0.1) is 12.8 Å². The van der Waals surface area contributed by atoms with E-state index >= 15 is 0 Å². The van der Waals surface area contributed by atoms with Crippen LogP contribution in [-0.4, -0.2) is 39.4 Å². The number of H-pyrrole nitrogens is 1. The van der Waals surface area contributed by atoms with Crippen molar-refractivity contribution in [3.63, 3.8) is 0 Å². The smallest absolute Gasteiger partial charge is 0.225 e. The highest BCUT2D eigenvalue weighted by Crippen LogP contribution is 2.28. The summed E-state index contributed by atoms with van der Waals surface area (Å²) in [5.74, 6) is 2.41. The van der Waals surface area contributed by atoms with E-state index in [-0.39, 0.29) is 18.0 Å². The monoisotopic (exact) mass is 409 g/mol. The Labute approximate surface area is 177 Å². The Morgan fingerprint density at radius 3 is 2.80 bits per heavy atom. The molecule has 30 heavy (non-hydrogen) atoms. The number of ether oxygens (including phenoxy) is 1. The first-order valence-corrected chi connectivity index (χ1v) is 10.7. The lowest BCUT2D eigenvalue weighted by atomic mass is 9.91. The number of nitrogens with one attached hydrogen (secondary N) is 3. The summed E-state index contributed by atoms with van der Waals surface area (Å²) in [6, 6.07) is 8.30. The van der Waals surface area contributed by atoms with E-state index in [1.165, 1.54) is 12.8 Å². The summed E-state index contributed by atoms with van der Waals surface area (Å²) >= 11 is 0. The minimum atomic E-state index is 0.125. The van der Waals surface area contributed by atoms with Gasteiger partial charge in [-0.05, 0) is 36.5 Å². The van der Waals surface area contributed by atoms with Gasteiger partial charge >= 0.3 is 0 Å². The molecule has 2 aromatic heterocycles. The fraction of sp³-hybridized carbons (Fsp3) is 0.500. The van der Waals surface area contributed by atoms with E-state index in [1.807, 2.05) is 18.2 Å². The normalized spacial score (nSPS) is 19.2. The van der Waals surface area contributed by atoms with Gasteiger partial charge in [-0.3, -0.25) is 5.10 Å². The van der Waals surface area contributed by atoms with Crippen LogP contribution in [0, 0.1) is 0 Å². The fourth-order valence-electron chi connectivity index (χ4n) is 3.98. The minimum Gasteiger partial charge on any atom is -0.497 e. The lowest BCUT2D eigenvalue weighted by Gasteiger charge is -2.29. The van der Waals surface area contributed by atoms with Gasteiger partial charge in [0.15, 0.2) is 11.3 Å². The number of fused-ring (bicyclic) bond motifs is 1. The van der Waals surface area contributed by atoms with Gasteiger partial charge in [0.25, 0.3) is 0 Å². The molecule has 0 amide bonds. The fourth-order valence-corrected chi connectivity index (χ4v) is 3.98. The largest absolute Gasteiger partial charge is 0.497 e. The van der Waals surface area contributed by atoms with Crippen LogP contribution in [0.1, 0.15) is 56.7 Å². The van der Waals surface area contributed by atoms with Crippen LogP contribution in [0.4, 0.5) is 11.8 Å². The van der Waals surface area contributed by atoms with Crippen molar-refractivity contribution in [2.75, 3.05) is 17.7 Å². The summed E-state index contributed by atoms with van der Waals surface area (Å²) in [4.78, 5) is 9.55. The van der Waals surface area contributed by atoms with Crippen molar-refractivity contribution >= 4 is 22.8 Å². The van der Waals surface area contributed by atoms with Crippen molar-refractivity contribution in [1.82, 2.24) is 20.2 Å². The predicted octanol–water partition coefficient (Wildman–Crippen LogP) is 3.78. The van der Waals surface area contributed by atoms with Gasteiger partial charge < -0.3 is 21.1 Å². The first-order chi connectivity index (χ1) is 14.5. The van der Waals surface area contributed by atoms with E-state index in [9.17, 15) is 0 Å². The number of hydrogen-bond donors (Lipinski definition) is 4. The second kappa shape index (κ2) is 8.87. The van der Waals surface area contributed by atoms with Gasteiger partial charge in [0.2, 0.25) is 5.95 Å². The van der Waals surface area contributed by atoms with Gasteiger partial charge in [-0.1, -0.05) is 38.8 Å². The Bertz CT molecular complexity index is 1000. The van der Waals surface area contributed by atoms with Crippen LogP contribution in [-0.2, 0) is 6.54 Å². The molecule has 0 aliphatic heterocycles. The van der Waals surface area contributed by atoms with Gasteiger partial charge in [0.1, 0.15) is 11.3 Å². The number of anilines is 2. The third-order valence-electron chi connectivity index (χ3n) is 5.73. The van der Waals surface area contributed by atoms with Crippen LogP contribution in [0.25, 0.3) is 11.0 Å². The zero-order chi connectivity index (χ0) is 21.1. The molecule has 4 rings (SSSR count). The molecule has 1 fully saturated rings. The molecule has 1 aliphatic rings. The number of rotatable bonds is 7. The topological polar surface area (TPSA) is 114 Å². The molecule has 0 bridgehead atoms. The molecule has 3 aromatic rings. The molecular weight excluding hydrogens is 378 g/mol. The third kappa shape index (κ3) is 4.33. The van der Waals surface area contributed by atoms with Crippen molar-refractivity contribution in [3.05, 3.63) is 35.5 Å². The summed E-state index contributed by atoms with van der Waals surface area (Å²) in [7, 11) is 1.67. The standard InChI is InChI=1S/C22H31N7O/c1-13(2)18-19-20(29-28-18)21(24-12-14-7-6-8-15(11-14)30-3)27-22(26-19)25-17-10-5-4-9-16(17)23/h6-8,11,13,16-17H,4-5,9-10,12,23H2,1-3H3,(H,28,29)(H2,24,25,26,27). The molecule has 5 N–H and O–H groups in total. The molecule has 8 heteroatoms. The maximum Gasteiger partial charge on any atom is 0.225 e. The van der Waals surface area contributed by atoms with E-state index in [4.69, 9.17) is 20.4 Å². The second-order valence-corrected chi connectivity index (χ2v) is 8.29. The van der Waals surface area contributed by atoms with Gasteiger partial charge in [-0.25, -0.2) is 4.98 Å². The summed E-state index contributed by atoms with van der Waals surface area (Å²) in [5.41, 5.74) is 10.0. The highest BCUT2D eigenvalue weighted by molar-refractivity contribution is 5.88. The molecule has 8 nitrogen and oxygen atoms in total. The molecule has 1 aromatic carbocycles. The second-order valence-electron chi connectivity index (χ2n) is 8.29. The average Bonchev–Trinajstić information content (AvgIpc) is 3.18. The van der Waals surface area contributed by atoms with Crippen LogP contribution in [0.3, 0.4) is 0 Å². The minimum absolute atomic E-state index is 0.125. The van der Waals surface area contributed by atoms with Crippen molar-refractivity contribution in [2.45, 2.75) is 64.1 Å². The molecule has 0 saturated heterocycles. The number of nitrogens with two attached hydrogens (primary N) is 1. The highest BCUT2D eigenvalue weighted by atomic mass is 16.5. The SMILES string of the molecule is COc1cccc(CNc2nc(NC3CCCCC3N)nc3c(C(C)C)[nH]nc23)c1. The highest BCUT2D eigenvalue weighted by Gasteiger charge is 2.24. The van der Waals surface area contributed by atoms with Gasteiger partial charge in [0, 0.05) is 18.6 Å². The Morgan fingerprint density at radius 1 is 1.20 bits per heavy atom. The van der Waals surface area contributed by atoms with E-state index in [2.05, 4.69) is 40.7 Å². The van der Waals surface area contributed by atoms with E-state index in [1.54, 1.807) is 7.11 Å². The van der Waals surface area contributed by atoms with Crippen LogP contribution in [0.5, 0.6) is 5.75 Å². The summed E-state index contributed by atoms with van der Waals surface area (Å²) in [5, 5.41) is 14.6. The first-order valence-electron chi connectivity index (χ1n) is 10.7. The number of aromatic nitrogens is 4. The van der Waals surface area contributed by atoms with Gasteiger partial charge in [-0.15, -0.1) is 0 Å².